The molecule has 0 rings (SSSR count). The molecular weight excluding hydrogens is 531 g/mol. The molecule has 0 radical (unpaired) electrons. The van der Waals surface area contributed by atoms with Crippen molar-refractivity contribution in [1.82, 2.24) is 6.15 Å². The molecule has 0 heterocycles. The second-order valence-corrected chi connectivity index (χ2v) is 7.41. The molecule has 3 N–H and O–H groups in total. The zero-order chi connectivity index (χ0) is 26.2. The van der Waals surface area contributed by atoms with E-state index < -0.39 is 39.1 Å². The van der Waals surface area contributed by atoms with Crippen LogP contribution in [0.3, 0.4) is 0 Å². The SMILES string of the molecule is C#CC#CC#CC#CC#CC#CC#CC(=O)OC[C@@H](COP(=O)([O-])[O-])OC(=O)CCCCCCC.N.[HH].[HH].[HH].[HH].[HH].[HH].[HH].[HH].[HH].[HH].[HH].[HH].[HH].[Na+].[Na+]. The summed E-state index contributed by atoms with van der Waals surface area (Å²) < 4.78 is 24.7. The van der Waals surface area contributed by atoms with Gasteiger partial charge in [-0.25, -0.2) is 4.79 Å². The molecule has 0 aromatic heterocycles. The van der Waals surface area contributed by atoms with Gasteiger partial charge in [-0.3, -0.25) is 4.79 Å². The van der Waals surface area contributed by atoms with Gasteiger partial charge in [-0.2, -0.15) is 0 Å². The first-order chi connectivity index (χ1) is 16.8. The van der Waals surface area contributed by atoms with Crippen LogP contribution < -0.4 is 75.1 Å². The van der Waals surface area contributed by atoms with E-state index in [-0.39, 0.29) is 90.2 Å². The van der Waals surface area contributed by atoms with Crippen molar-refractivity contribution in [2.75, 3.05) is 13.2 Å². The summed E-state index contributed by atoms with van der Waals surface area (Å²) in [5.41, 5.74) is 0. The molecule has 0 aromatic carbocycles. The normalized spacial score (nSPS) is 8.68. The Kier molecular flexibility index (Phi) is 33.4. The molecule has 1 atom stereocenters. The molecule has 0 fully saturated rings. The second-order valence-electron chi connectivity index (χ2n) is 6.26. The van der Waals surface area contributed by atoms with Crippen LogP contribution in [-0.4, -0.2) is 31.3 Å². The number of hydrogen-bond acceptors (Lipinski definition) is 9. The molecule has 0 aliphatic carbocycles. The largest absolute Gasteiger partial charge is 1.00 e. The quantitative estimate of drug-likeness (QED) is 0.0666. The standard InChI is InChI=1S/C26H23O8P.H3N.2Na.13H2/c1-3-5-7-9-10-11-12-13-14-15-17-18-20-25(27)32-22-24(23-33-35(29,30)31)34-26(28)21-19-16-8-6-4-2;;;;;;;;;;;;;;;;/h1,24H,4,6,8,16,19,21-23H2,2H3,(H2,29,30,31);1H3;;;13*1H/q;;2*+1;;;;;;;;;;;;;/p-2/t24-;;;;;;;;;;;;;;;;/m0................/s1. The Hall–Kier alpha value is -2.07. The molecule has 0 spiro atoms. The Balaban J connectivity index is -0.0000000482. The number of unbranched alkanes of at least 4 members (excludes halogenated alkanes) is 4. The number of rotatable bonds is 12. The molecule has 0 unspecified atom stereocenters. The maximum absolute atomic E-state index is 11.9. The van der Waals surface area contributed by atoms with Crippen LogP contribution in [0.5, 0.6) is 0 Å². The maximum Gasteiger partial charge on any atom is 1.00 e. The molecule has 9 nitrogen and oxygen atoms in total. The van der Waals surface area contributed by atoms with Crippen LogP contribution in [0.1, 0.15) is 64.0 Å². The third kappa shape index (κ3) is 32.0. The summed E-state index contributed by atoms with van der Waals surface area (Å²) in [4.78, 5) is 45.0. The van der Waals surface area contributed by atoms with Crippen LogP contribution in [0.4, 0.5) is 0 Å². The fourth-order valence-electron chi connectivity index (χ4n) is 2.01. The second kappa shape index (κ2) is 29.5. The van der Waals surface area contributed by atoms with Gasteiger partial charge in [0.25, 0.3) is 0 Å². The number of terminal acetylenes is 1. The van der Waals surface area contributed by atoms with Gasteiger partial charge in [0.05, 0.1) is 14.4 Å². The molecule has 0 aliphatic rings. The third-order valence-electron chi connectivity index (χ3n) is 3.46. The van der Waals surface area contributed by atoms with E-state index in [2.05, 4.69) is 82.5 Å². The van der Waals surface area contributed by atoms with Crippen LogP contribution in [0.15, 0.2) is 0 Å². The molecule has 38 heavy (non-hydrogen) atoms. The molecule has 0 aliphatic heterocycles. The molecule has 214 valence electrons. The van der Waals surface area contributed by atoms with E-state index in [1.165, 1.54) is 0 Å². The smallest absolute Gasteiger partial charge is 0.790 e. The van der Waals surface area contributed by atoms with E-state index in [9.17, 15) is 23.9 Å². The zero-order valence-electron chi connectivity index (χ0n) is 21.7. The van der Waals surface area contributed by atoms with Gasteiger partial charge in [-0.05, 0) is 77.5 Å². The van der Waals surface area contributed by atoms with Crippen molar-refractivity contribution in [3.63, 3.8) is 0 Å². The Morgan fingerprint density at radius 3 is 1.84 bits per heavy atom. The van der Waals surface area contributed by atoms with Crippen molar-refractivity contribution < 1.29 is 116 Å². The average Bonchev–Trinajstić information content (AvgIpc) is 2.80. The first kappa shape index (κ1) is 43.0. The van der Waals surface area contributed by atoms with Crippen LogP contribution in [-0.2, 0) is 28.2 Å². The van der Waals surface area contributed by atoms with Gasteiger partial charge in [0.15, 0.2) is 6.10 Å². The van der Waals surface area contributed by atoms with E-state index >= 15 is 0 Å². The number of esters is 2. The van der Waals surface area contributed by atoms with Gasteiger partial charge in [0.2, 0.25) is 0 Å². The minimum atomic E-state index is -5.31. The molecular formula is C26H50NNa2O8P. The summed E-state index contributed by atoms with van der Waals surface area (Å²) >= 11 is 0. The summed E-state index contributed by atoms with van der Waals surface area (Å²) in [6.07, 6.45) is 8.20. The van der Waals surface area contributed by atoms with Crippen LogP contribution in [0.2, 0.25) is 0 Å². The van der Waals surface area contributed by atoms with E-state index in [1.807, 2.05) is 5.92 Å². The van der Waals surface area contributed by atoms with Crippen LogP contribution >= 0.6 is 7.82 Å². The fourth-order valence-corrected chi connectivity index (χ4v) is 2.36. The zero-order valence-corrected chi connectivity index (χ0v) is 26.6. The molecule has 0 saturated carbocycles. The van der Waals surface area contributed by atoms with Crippen LogP contribution in [0, 0.1) is 83.4 Å². The average molecular weight is 582 g/mol. The van der Waals surface area contributed by atoms with Crippen molar-refractivity contribution in [3.05, 3.63) is 0 Å². The van der Waals surface area contributed by atoms with E-state index in [1.54, 1.807) is 0 Å². The fraction of sp³-hybridized carbons (Fsp3) is 0.385. The number of hydrogen-bond donors (Lipinski definition) is 1. The topological polar surface area (TPSA) is 160 Å². The number of carbonyl (C=O) groups excluding carboxylic acids is 2. The summed E-state index contributed by atoms with van der Waals surface area (Å²) in [5.74, 6) is 28.2. The van der Waals surface area contributed by atoms with Gasteiger partial charge in [-0.15, -0.1) is 6.42 Å². The van der Waals surface area contributed by atoms with Crippen molar-refractivity contribution in [2.45, 2.75) is 51.6 Å². The van der Waals surface area contributed by atoms with Crippen molar-refractivity contribution >= 4 is 19.8 Å². The predicted molar refractivity (Wildman–Crippen MR) is 156 cm³/mol. The van der Waals surface area contributed by atoms with Crippen molar-refractivity contribution in [3.8, 4) is 83.4 Å². The monoisotopic (exact) mass is 581 g/mol. The Morgan fingerprint density at radius 2 is 1.34 bits per heavy atom. The van der Waals surface area contributed by atoms with Gasteiger partial charge >= 0.3 is 71.1 Å². The molecule has 12 heteroatoms. The number of carbonyl (C=O) groups is 2. The predicted octanol–water partition coefficient (Wildman–Crippen LogP) is -2.33. The van der Waals surface area contributed by atoms with Crippen molar-refractivity contribution in [2.24, 2.45) is 0 Å². The maximum atomic E-state index is 11.9. The summed E-state index contributed by atoms with van der Waals surface area (Å²) in [6.45, 7) is 0.708. The molecule has 0 aromatic rings. The van der Waals surface area contributed by atoms with Crippen LogP contribution in [0.25, 0.3) is 0 Å². The Bertz CT molecular complexity index is 1240. The van der Waals surface area contributed by atoms with E-state index in [4.69, 9.17) is 15.9 Å². The number of phosphoric acid groups is 1. The van der Waals surface area contributed by atoms with E-state index in [0.717, 1.165) is 25.7 Å². The third-order valence-corrected chi connectivity index (χ3v) is 3.93. The summed E-state index contributed by atoms with van der Waals surface area (Å²) in [7, 11) is -5.31. The van der Waals surface area contributed by atoms with Gasteiger partial charge in [0, 0.05) is 30.9 Å². The minimum Gasteiger partial charge on any atom is -0.790 e. The minimum absolute atomic E-state index is 0. The van der Waals surface area contributed by atoms with Gasteiger partial charge in [-0.1, -0.05) is 32.6 Å². The first-order valence-electron chi connectivity index (χ1n) is 10.3. The Morgan fingerprint density at radius 1 is 0.842 bits per heavy atom. The van der Waals surface area contributed by atoms with Gasteiger partial charge < -0.3 is 34.5 Å². The molecule has 0 amide bonds. The number of phosphoric ester groups is 1. The summed E-state index contributed by atoms with van der Waals surface area (Å²) in [6, 6.07) is 0. The molecule has 0 saturated heterocycles. The van der Waals surface area contributed by atoms with Crippen molar-refractivity contribution in [1.29, 1.82) is 0 Å². The first-order valence-corrected chi connectivity index (χ1v) is 11.7. The summed E-state index contributed by atoms with van der Waals surface area (Å²) in [5, 5.41) is 0. The number of ether oxygens (including phenoxy) is 2. The van der Waals surface area contributed by atoms with Gasteiger partial charge in [0.1, 0.15) is 6.61 Å². The van der Waals surface area contributed by atoms with E-state index in [0.29, 0.717) is 6.42 Å². The Labute approximate surface area is 288 Å². The molecule has 0 bridgehead atoms.